The second kappa shape index (κ2) is 7.11. The maximum atomic E-state index is 13.4. The second-order valence-electron chi connectivity index (χ2n) is 5.97. The monoisotopic (exact) mass is 341 g/mol. The van der Waals surface area contributed by atoms with Crippen LogP contribution in [0.25, 0.3) is 22.3 Å². The van der Waals surface area contributed by atoms with E-state index in [9.17, 15) is 13.2 Å². The van der Waals surface area contributed by atoms with Crippen LogP contribution in [0.2, 0.25) is 0 Å². The van der Waals surface area contributed by atoms with Gasteiger partial charge in [0.05, 0.1) is 0 Å². The molecule has 1 nitrogen and oxygen atoms in total. The Morgan fingerprint density at radius 1 is 0.720 bits per heavy atom. The highest BCUT2D eigenvalue weighted by molar-refractivity contribution is 5.70. The summed E-state index contributed by atoms with van der Waals surface area (Å²) in [6.07, 6.45) is 0.874. The normalized spacial score (nSPS) is 12.2. The summed E-state index contributed by atoms with van der Waals surface area (Å²) in [5.74, 6) is -3.84. The Morgan fingerprint density at radius 3 is 1.56 bits per heavy atom. The van der Waals surface area contributed by atoms with Crippen LogP contribution in [0.5, 0.6) is 0 Å². The highest BCUT2D eigenvalue weighted by atomic mass is 19.2. The van der Waals surface area contributed by atoms with Crippen molar-refractivity contribution in [1.82, 2.24) is 0 Å². The predicted octanol–water partition coefficient (Wildman–Crippen LogP) is 5.85. The molecular weight excluding hydrogens is 323 g/mol. The van der Waals surface area contributed by atoms with Crippen molar-refractivity contribution in [1.29, 1.82) is 0 Å². The van der Waals surface area contributed by atoms with Gasteiger partial charge in [-0.1, -0.05) is 55.5 Å². The molecule has 0 aliphatic heterocycles. The first-order chi connectivity index (χ1) is 12.0. The number of hydrogen-bond acceptors (Lipinski definition) is 1. The number of benzene rings is 3. The molecule has 3 rings (SSSR count). The highest BCUT2D eigenvalue weighted by Crippen LogP contribution is 2.28. The SMILES string of the molecule is CCC(N)c1ccc(-c2ccc(-c3cc(F)c(F)c(F)c3)cc2)cc1. The van der Waals surface area contributed by atoms with Crippen molar-refractivity contribution in [3.05, 3.63) is 83.7 Å². The summed E-state index contributed by atoms with van der Waals surface area (Å²) in [7, 11) is 0. The van der Waals surface area contributed by atoms with Gasteiger partial charge in [-0.05, 0) is 46.4 Å². The average Bonchev–Trinajstić information content (AvgIpc) is 2.65. The first-order valence-electron chi connectivity index (χ1n) is 8.10. The molecule has 1 atom stereocenters. The molecule has 1 unspecified atom stereocenters. The third-order valence-electron chi connectivity index (χ3n) is 4.31. The summed E-state index contributed by atoms with van der Waals surface area (Å²) < 4.78 is 39.8. The predicted molar refractivity (Wildman–Crippen MR) is 94.4 cm³/mol. The molecule has 0 saturated heterocycles. The van der Waals surface area contributed by atoms with Gasteiger partial charge in [0.15, 0.2) is 17.5 Å². The van der Waals surface area contributed by atoms with Crippen molar-refractivity contribution in [3.63, 3.8) is 0 Å². The molecule has 0 bridgehead atoms. The van der Waals surface area contributed by atoms with Crippen LogP contribution < -0.4 is 5.73 Å². The lowest BCUT2D eigenvalue weighted by Crippen LogP contribution is -2.07. The van der Waals surface area contributed by atoms with Crippen molar-refractivity contribution in [3.8, 4) is 22.3 Å². The largest absolute Gasteiger partial charge is 0.324 e. The summed E-state index contributed by atoms with van der Waals surface area (Å²) in [6.45, 7) is 2.04. The summed E-state index contributed by atoms with van der Waals surface area (Å²) in [4.78, 5) is 0. The summed E-state index contributed by atoms with van der Waals surface area (Å²) in [6, 6.07) is 17.3. The fraction of sp³-hybridized carbons (Fsp3) is 0.143. The first-order valence-corrected chi connectivity index (χ1v) is 8.10. The van der Waals surface area contributed by atoms with Crippen molar-refractivity contribution >= 4 is 0 Å². The fourth-order valence-electron chi connectivity index (χ4n) is 2.74. The van der Waals surface area contributed by atoms with E-state index < -0.39 is 17.5 Å². The van der Waals surface area contributed by atoms with E-state index in [-0.39, 0.29) is 6.04 Å². The molecule has 0 amide bonds. The maximum Gasteiger partial charge on any atom is 0.194 e. The molecule has 0 aromatic heterocycles. The van der Waals surface area contributed by atoms with Crippen molar-refractivity contribution < 1.29 is 13.2 Å². The smallest absolute Gasteiger partial charge is 0.194 e. The molecule has 0 spiro atoms. The van der Waals surface area contributed by atoms with Gasteiger partial charge in [0.1, 0.15) is 0 Å². The second-order valence-corrected chi connectivity index (χ2v) is 5.97. The third kappa shape index (κ3) is 3.59. The molecule has 2 N–H and O–H groups in total. The van der Waals surface area contributed by atoms with Crippen LogP contribution in [0.4, 0.5) is 13.2 Å². The van der Waals surface area contributed by atoms with E-state index in [4.69, 9.17) is 5.73 Å². The minimum Gasteiger partial charge on any atom is -0.324 e. The van der Waals surface area contributed by atoms with Crippen LogP contribution in [0.3, 0.4) is 0 Å². The van der Waals surface area contributed by atoms with Gasteiger partial charge in [0.2, 0.25) is 0 Å². The molecule has 0 saturated carbocycles. The van der Waals surface area contributed by atoms with Gasteiger partial charge in [-0.3, -0.25) is 0 Å². The lowest BCUT2D eigenvalue weighted by atomic mass is 9.98. The molecule has 0 aliphatic carbocycles. The lowest BCUT2D eigenvalue weighted by molar-refractivity contribution is 0.448. The summed E-state index contributed by atoms with van der Waals surface area (Å²) >= 11 is 0. The molecule has 3 aromatic rings. The zero-order valence-corrected chi connectivity index (χ0v) is 13.8. The molecular formula is C21H18F3N. The lowest BCUT2D eigenvalue weighted by Gasteiger charge is -2.10. The van der Waals surface area contributed by atoms with E-state index >= 15 is 0 Å². The molecule has 0 aliphatic rings. The Bertz CT molecular complexity index is 848. The maximum absolute atomic E-state index is 13.4. The minimum absolute atomic E-state index is 0.0275. The van der Waals surface area contributed by atoms with E-state index in [1.165, 1.54) is 0 Å². The van der Waals surface area contributed by atoms with Crippen LogP contribution in [0.1, 0.15) is 24.9 Å². The minimum atomic E-state index is -1.45. The van der Waals surface area contributed by atoms with Gasteiger partial charge < -0.3 is 5.73 Å². The quantitative estimate of drug-likeness (QED) is 0.592. The van der Waals surface area contributed by atoms with Gasteiger partial charge >= 0.3 is 0 Å². The van der Waals surface area contributed by atoms with Crippen LogP contribution in [-0.4, -0.2) is 0 Å². The van der Waals surface area contributed by atoms with Crippen molar-refractivity contribution in [2.24, 2.45) is 5.73 Å². The molecule has 25 heavy (non-hydrogen) atoms. The zero-order valence-electron chi connectivity index (χ0n) is 13.8. The standard InChI is InChI=1S/C21H18F3N/c1-2-20(25)16-9-7-14(8-10-16)13-3-5-15(6-4-13)17-11-18(22)21(24)19(23)12-17/h3-12,20H,2,25H2,1H3. The first kappa shape index (κ1) is 17.2. The zero-order chi connectivity index (χ0) is 18.0. The summed E-state index contributed by atoms with van der Waals surface area (Å²) in [5.41, 5.74) is 10.0. The molecule has 3 aromatic carbocycles. The number of rotatable bonds is 4. The van der Waals surface area contributed by atoms with Crippen LogP contribution >= 0.6 is 0 Å². The Labute approximate surface area is 144 Å². The van der Waals surface area contributed by atoms with Crippen LogP contribution in [0, 0.1) is 17.5 Å². The van der Waals surface area contributed by atoms with Gasteiger partial charge in [0.25, 0.3) is 0 Å². The fourth-order valence-corrected chi connectivity index (χ4v) is 2.74. The molecule has 4 heteroatoms. The topological polar surface area (TPSA) is 26.0 Å². The van der Waals surface area contributed by atoms with Gasteiger partial charge in [-0.25, -0.2) is 13.2 Å². The number of hydrogen-bond donors (Lipinski definition) is 1. The average molecular weight is 341 g/mol. The van der Waals surface area contributed by atoms with E-state index in [1.54, 1.807) is 12.1 Å². The van der Waals surface area contributed by atoms with Crippen LogP contribution in [0.15, 0.2) is 60.7 Å². The molecule has 0 heterocycles. The molecule has 128 valence electrons. The Hall–Kier alpha value is -2.59. The van der Waals surface area contributed by atoms with E-state index in [0.717, 1.165) is 35.2 Å². The van der Waals surface area contributed by atoms with Gasteiger partial charge in [-0.2, -0.15) is 0 Å². The Balaban J connectivity index is 1.87. The number of nitrogens with two attached hydrogens (primary N) is 1. The van der Waals surface area contributed by atoms with Gasteiger partial charge in [0, 0.05) is 6.04 Å². The van der Waals surface area contributed by atoms with Crippen molar-refractivity contribution in [2.45, 2.75) is 19.4 Å². The molecule has 0 radical (unpaired) electrons. The Kier molecular flexibility index (Phi) is 4.91. The highest BCUT2D eigenvalue weighted by Gasteiger charge is 2.11. The number of halogens is 3. The third-order valence-corrected chi connectivity index (χ3v) is 4.31. The van der Waals surface area contributed by atoms with E-state index in [2.05, 4.69) is 0 Å². The van der Waals surface area contributed by atoms with E-state index in [0.29, 0.717) is 11.1 Å². The van der Waals surface area contributed by atoms with Crippen molar-refractivity contribution in [2.75, 3.05) is 0 Å². The Morgan fingerprint density at radius 2 is 1.12 bits per heavy atom. The summed E-state index contributed by atoms with van der Waals surface area (Å²) in [5, 5.41) is 0. The van der Waals surface area contributed by atoms with Gasteiger partial charge in [-0.15, -0.1) is 0 Å². The van der Waals surface area contributed by atoms with Crippen LogP contribution in [-0.2, 0) is 0 Å². The molecule has 0 fully saturated rings. The van der Waals surface area contributed by atoms with E-state index in [1.807, 2.05) is 43.3 Å².